The highest BCUT2D eigenvalue weighted by molar-refractivity contribution is 5.90. The Bertz CT molecular complexity index is 2240. The molecule has 0 bridgehead atoms. The van der Waals surface area contributed by atoms with Crippen LogP contribution in [0.5, 0.6) is 0 Å². The predicted molar refractivity (Wildman–Crippen MR) is 206 cm³/mol. The summed E-state index contributed by atoms with van der Waals surface area (Å²) in [6.45, 7) is 13.8. The average molecular weight is 637 g/mol. The lowest BCUT2D eigenvalue weighted by atomic mass is 9.67. The highest BCUT2D eigenvalue weighted by Gasteiger charge is 2.46. The largest absolute Gasteiger partial charge is 0.292 e. The Balaban J connectivity index is 1.46. The summed E-state index contributed by atoms with van der Waals surface area (Å²) < 4.78 is 2.45. The van der Waals surface area contributed by atoms with Crippen molar-refractivity contribution in [3.05, 3.63) is 178 Å². The number of para-hydroxylation sites is 3. The van der Waals surface area contributed by atoms with Crippen LogP contribution in [0.4, 0.5) is 0 Å². The van der Waals surface area contributed by atoms with Gasteiger partial charge in [0.1, 0.15) is 5.82 Å². The van der Waals surface area contributed by atoms with Gasteiger partial charge in [-0.05, 0) is 86.0 Å². The zero-order valence-electron chi connectivity index (χ0n) is 29.4. The van der Waals surface area contributed by atoms with Crippen molar-refractivity contribution in [2.75, 3.05) is 0 Å². The first-order valence-corrected chi connectivity index (χ1v) is 17.8. The second-order valence-corrected chi connectivity index (χ2v) is 14.6. The number of hydrogen-bond acceptors (Lipinski definition) is 1. The molecular formula is C47H44N2. The second-order valence-electron chi connectivity index (χ2n) is 14.6. The van der Waals surface area contributed by atoms with Crippen LogP contribution in [-0.2, 0) is 5.41 Å². The van der Waals surface area contributed by atoms with Crippen LogP contribution in [0.15, 0.2) is 140 Å². The molecule has 1 aliphatic carbocycles. The fourth-order valence-electron chi connectivity index (χ4n) is 8.23. The van der Waals surface area contributed by atoms with Crippen LogP contribution in [0.1, 0.15) is 98.2 Å². The Morgan fingerprint density at radius 1 is 0.510 bits per heavy atom. The highest BCUT2D eigenvalue weighted by Crippen LogP contribution is 2.57. The van der Waals surface area contributed by atoms with Crippen molar-refractivity contribution in [3.63, 3.8) is 0 Å². The van der Waals surface area contributed by atoms with Crippen molar-refractivity contribution in [2.24, 2.45) is 0 Å². The average Bonchev–Trinajstić information content (AvgIpc) is 3.65. The van der Waals surface area contributed by atoms with E-state index < -0.39 is 5.41 Å². The second kappa shape index (κ2) is 12.0. The lowest BCUT2D eigenvalue weighted by molar-refractivity contribution is 0.762. The van der Waals surface area contributed by atoms with Crippen LogP contribution in [0.2, 0.25) is 0 Å². The van der Waals surface area contributed by atoms with Crippen LogP contribution < -0.4 is 0 Å². The fraction of sp³-hybridized carbons (Fsp3) is 0.213. The Labute approximate surface area is 291 Å². The van der Waals surface area contributed by atoms with Gasteiger partial charge in [-0.1, -0.05) is 163 Å². The van der Waals surface area contributed by atoms with E-state index in [1.165, 1.54) is 55.8 Å². The Morgan fingerprint density at radius 2 is 1.12 bits per heavy atom. The summed E-state index contributed by atoms with van der Waals surface area (Å²) in [6.07, 6.45) is 0. The van der Waals surface area contributed by atoms with Gasteiger partial charge in [0.15, 0.2) is 0 Å². The summed E-state index contributed by atoms with van der Waals surface area (Å²) >= 11 is 0. The molecule has 1 aliphatic rings. The molecule has 0 saturated carbocycles. The van der Waals surface area contributed by atoms with Crippen LogP contribution in [-0.4, -0.2) is 9.55 Å². The normalized spacial score (nSPS) is 13.4. The van der Waals surface area contributed by atoms with E-state index in [0.29, 0.717) is 17.8 Å². The van der Waals surface area contributed by atoms with Gasteiger partial charge in [0.05, 0.1) is 22.1 Å². The number of rotatable bonds is 7. The monoisotopic (exact) mass is 636 g/mol. The molecule has 2 heteroatoms. The van der Waals surface area contributed by atoms with Crippen LogP contribution in [0, 0.1) is 0 Å². The number of fused-ring (bicyclic) bond motifs is 4. The molecule has 0 N–H and O–H groups in total. The lowest BCUT2D eigenvalue weighted by Gasteiger charge is -2.34. The van der Waals surface area contributed by atoms with Crippen molar-refractivity contribution < 1.29 is 0 Å². The van der Waals surface area contributed by atoms with E-state index in [9.17, 15) is 0 Å². The van der Waals surface area contributed by atoms with E-state index >= 15 is 0 Å². The molecule has 8 rings (SSSR count). The van der Waals surface area contributed by atoms with Gasteiger partial charge in [0.25, 0.3) is 0 Å². The first-order valence-electron chi connectivity index (χ1n) is 17.8. The molecule has 0 saturated heterocycles. The molecule has 6 aromatic carbocycles. The Kier molecular flexibility index (Phi) is 7.64. The minimum Gasteiger partial charge on any atom is -0.292 e. The van der Waals surface area contributed by atoms with Crippen LogP contribution >= 0.6 is 0 Å². The maximum atomic E-state index is 5.39. The zero-order valence-corrected chi connectivity index (χ0v) is 29.4. The number of benzene rings is 6. The van der Waals surface area contributed by atoms with Gasteiger partial charge in [-0.2, -0.15) is 0 Å². The van der Waals surface area contributed by atoms with Crippen LogP contribution in [0.3, 0.4) is 0 Å². The van der Waals surface area contributed by atoms with E-state index in [4.69, 9.17) is 4.98 Å². The summed E-state index contributed by atoms with van der Waals surface area (Å²) in [7, 11) is 0. The molecule has 0 radical (unpaired) electrons. The third-order valence-corrected chi connectivity index (χ3v) is 10.6. The molecular weight excluding hydrogens is 593 g/mol. The summed E-state index contributed by atoms with van der Waals surface area (Å²) in [4.78, 5) is 5.39. The van der Waals surface area contributed by atoms with Gasteiger partial charge < -0.3 is 0 Å². The number of aromatic nitrogens is 2. The molecule has 0 atom stereocenters. The predicted octanol–water partition coefficient (Wildman–Crippen LogP) is 12.4. The van der Waals surface area contributed by atoms with Crippen molar-refractivity contribution in [1.29, 1.82) is 0 Å². The molecule has 49 heavy (non-hydrogen) atoms. The minimum atomic E-state index is -0.439. The molecule has 242 valence electrons. The van der Waals surface area contributed by atoms with Crippen LogP contribution in [0.25, 0.3) is 39.2 Å². The topological polar surface area (TPSA) is 17.8 Å². The van der Waals surface area contributed by atoms with Crippen molar-refractivity contribution in [1.82, 2.24) is 9.55 Å². The SMILES string of the molecule is CC(C)c1ccc2c(c1)C(c1ccccc1)(c1ccccc1)c1ccc(-c3nc4ccccc4n3-c3c(C(C)C)cccc3C(C)C)cc1-2. The van der Waals surface area contributed by atoms with Gasteiger partial charge in [0, 0.05) is 5.56 Å². The van der Waals surface area contributed by atoms with Gasteiger partial charge in [0.2, 0.25) is 0 Å². The summed E-state index contributed by atoms with van der Waals surface area (Å²) in [5, 5.41) is 0. The van der Waals surface area contributed by atoms with Crippen molar-refractivity contribution >= 4 is 11.0 Å². The third kappa shape index (κ3) is 4.80. The molecule has 1 aromatic heterocycles. The van der Waals surface area contributed by atoms with E-state index in [0.717, 1.165) is 22.4 Å². The molecule has 0 spiro atoms. The number of nitrogens with zero attached hydrogens (tertiary/aromatic N) is 2. The molecule has 7 aromatic rings. The third-order valence-electron chi connectivity index (χ3n) is 10.6. The van der Waals surface area contributed by atoms with Gasteiger partial charge in [-0.3, -0.25) is 4.57 Å². The van der Waals surface area contributed by atoms with Crippen molar-refractivity contribution in [3.8, 4) is 28.2 Å². The van der Waals surface area contributed by atoms with E-state index in [1.54, 1.807) is 0 Å². The van der Waals surface area contributed by atoms with Gasteiger partial charge in [-0.25, -0.2) is 4.98 Å². The van der Waals surface area contributed by atoms with E-state index in [1.807, 2.05) is 0 Å². The minimum absolute atomic E-state index is 0.363. The fourth-order valence-corrected chi connectivity index (χ4v) is 8.23. The van der Waals surface area contributed by atoms with Crippen molar-refractivity contribution in [2.45, 2.75) is 64.7 Å². The maximum absolute atomic E-state index is 5.39. The number of hydrogen-bond donors (Lipinski definition) is 0. The number of imidazole rings is 1. The standard InChI is InChI=1S/C47H44N2/c1-30(2)33-24-26-39-40-28-34(25-27-41(40)47(42(39)29-33,35-16-9-7-10-17-35)36-18-11-8-12-19-36)46-48-43-22-13-14-23-44(43)49(46)45-37(31(3)4)20-15-21-38(45)32(5)6/h7-32H,1-6H3. The molecule has 0 amide bonds. The van der Waals surface area contributed by atoms with E-state index in [2.05, 4.69) is 186 Å². The highest BCUT2D eigenvalue weighted by atomic mass is 15.1. The van der Waals surface area contributed by atoms with E-state index in [-0.39, 0.29) is 0 Å². The van der Waals surface area contributed by atoms with Gasteiger partial charge >= 0.3 is 0 Å². The molecule has 0 fully saturated rings. The van der Waals surface area contributed by atoms with Gasteiger partial charge in [-0.15, -0.1) is 0 Å². The smallest absolute Gasteiger partial charge is 0.145 e. The molecule has 1 heterocycles. The first kappa shape index (κ1) is 31.1. The summed E-state index contributed by atoms with van der Waals surface area (Å²) in [5.41, 5.74) is 16.0. The lowest BCUT2D eigenvalue weighted by Crippen LogP contribution is -2.28. The molecule has 2 nitrogen and oxygen atoms in total. The molecule has 0 aliphatic heterocycles. The zero-order chi connectivity index (χ0) is 33.9. The molecule has 0 unspecified atom stereocenters. The Hall–Kier alpha value is -5.21. The quantitative estimate of drug-likeness (QED) is 0.170. The summed E-state index contributed by atoms with van der Waals surface area (Å²) in [5.74, 6) is 2.13. The maximum Gasteiger partial charge on any atom is 0.145 e. The summed E-state index contributed by atoms with van der Waals surface area (Å²) in [6, 6.07) is 51.9. The Morgan fingerprint density at radius 3 is 1.73 bits per heavy atom. The first-order chi connectivity index (χ1) is 23.8.